The topological polar surface area (TPSA) is 29.5 Å². The van der Waals surface area contributed by atoms with Gasteiger partial charge in [0, 0.05) is 11.5 Å². The van der Waals surface area contributed by atoms with Crippen molar-refractivity contribution in [3.63, 3.8) is 0 Å². The van der Waals surface area contributed by atoms with Crippen LogP contribution in [0.3, 0.4) is 0 Å². The third-order valence-electron chi connectivity index (χ3n) is 5.30. The Morgan fingerprint density at radius 2 is 1.85 bits per heavy atom. The molecule has 2 heteroatoms. The van der Waals surface area contributed by atoms with E-state index in [2.05, 4.69) is 39.8 Å². The normalized spacial score (nSPS) is 17.4. The second kappa shape index (κ2) is 10.6. The van der Waals surface area contributed by atoms with Gasteiger partial charge in [0.1, 0.15) is 11.5 Å². The molecule has 1 aromatic carbocycles. The zero-order valence-electron chi connectivity index (χ0n) is 17.3. The van der Waals surface area contributed by atoms with E-state index in [1.807, 2.05) is 6.07 Å². The Kier molecular flexibility index (Phi) is 8.54. The minimum atomic E-state index is 0.117. The smallest absolute Gasteiger partial charge is 0.127 e. The summed E-state index contributed by atoms with van der Waals surface area (Å²) in [6.07, 6.45) is 14.7. The number of ether oxygens (including phenoxy) is 1. The lowest BCUT2D eigenvalue weighted by Gasteiger charge is -2.25. The Labute approximate surface area is 160 Å². The van der Waals surface area contributed by atoms with E-state index in [9.17, 15) is 5.11 Å². The van der Waals surface area contributed by atoms with E-state index >= 15 is 0 Å². The molecule has 0 amide bonds. The molecule has 1 aromatic rings. The molecule has 0 heterocycles. The Bertz CT molecular complexity index is 586. The summed E-state index contributed by atoms with van der Waals surface area (Å²) in [4.78, 5) is 0. The second-order valence-electron chi connectivity index (χ2n) is 8.22. The first-order chi connectivity index (χ1) is 12.5. The highest BCUT2D eigenvalue weighted by Gasteiger charge is 2.22. The van der Waals surface area contributed by atoms with Gasteiger partial charge in [0.15, 0.2) is 0 Å². The zero-order valence-corrected chi connectivity index (χ0v) is 17.3. The van der Waals surface area contributed by atoms with Gasteiger partial charge in [0.2, 0.25) is 0 Å². The van der Waals surface area contributed by atoms with Crippen LogP contribution in [0, 0.1) is 0 Å². The van der Waals surface area contributed by atoms with Gasteiger partial charge in [0.05, 0.1) is 6.10 Å². The molecule has 1 N–H and O–H groups in total. The Morgan fingerprint density at radius 3 is 2.54 bits per heavy atom. The average Bonchev–Trinajstić information content (AvgIpc) is 2.57. The van der Waals surface area contributed by atoms with E-state index in [-0.39, 0.29) is 12.0 Å². The summed E-state index contributed by atoms with van der Waals surface area (Å²) in [5.74, 6) is 1.58. The van der Waals surface area contributed by atoms with Gasteiger partial charge in [-0.15, -0.1) is 0 Å². The second-order valence-corrected chi connectivity index (χ2v) is 8.22. The van der Waals surface area contributed by atoms with E-state index in [0.29, 0.717) is 5.75 Å². The molecule has 1 aliphatic rings. The predicted molar refractivity (Wildman–Crippen MR) is 111 cm³/mol. The number of hydrogen-bond acceptors (Lipinski definition) is 2. The van der Waals surface area contributed by atoms with Gasteiger partial charge in [-0.05, 0) is 70.6 Å². The van der Waals surface area contributed by atoms with E-state index < -0.39 is 0 Å². The quantitative estimate of drug-likeness (QED) is 0.351. The molecule has 0 spiro atoms. The van der Waals surface area contributed by atoms with E-state index in [1.54, 1.807) is 0 Å². The molecule has 1 unspecified atom stereocenters. The molecule has 26 heavy (non-hydrogen) atoms. The number of allylic oxidation sites excluding steroid dienone is 2. The van der Waals surface area contributed by atoms with Gasteiger partial charge in [-0.1, -0.05) is 50.7 Å². The van der Waals surface area contributed by atoms with Gasteiger partial charge < -0.3 is 9.84 Å². The molecular weight excluding hydrogens is 320 g/mol. The van der Waals surface area contributed by atoms with Crippen LogP contribution in [0.4, 0.5) is 0 Å². The number of hydrogen-bond donors (Lipinski definition) is 1. The SMILES string of the molecule is CCCCCCCCc1cc(O)c(C2C=C(C)CCC2)c(OC(C)C)c1. The highest BCUT2D eigenvalue weighted by atomic mass is 16.5. The molecule has 0 aromatic heterocycles. The van der Waals surface area contributed by atoms with Gasteiger partial charge >= 0.3 is 0 Å². The van der Waals surface area contributed by atoms with Crippen LogP contribution in [0.1, 0.15) is 103 Å². The fourth-order valence-electron chi connectivity index (χ4n) is 3.98. The first kappa shape index (κ1) is 20.9. The largest absolute Gasteiger partial charge is 0.507 e. The maximum atomic E-state index is 10.8. The lowest BCUT2D eigenvalue weighted by molar-refractivity contribution is 0.237. The number of aromatic hydroxyl groups is 1. The van der Waals surface area contributed by atoms with Crippen LogP contribution in [0.2, 0.25) is 0 Å². The van der Waals surface area contributed by atoms with Crippen molar-refractivity contribution in [3.8, 4) is 11.5 Å². The van der Waals surface area contributed by atoms with Crippen molar-refractivity contribution in [2.45, 2.75) is 104 Å². The van der Waals surface area contributed by atoms with Crippen LogP contribution in [0.25, 0.3) is 0 Å². The van der Waals surface area contributed by atoms with E-state index in [0.717, 1.165) is 24.2 Å². The molecular formula is C24H38O2. The monoisotopic (exact) mass is 358 g/mol. The molecule has 0 saturated heterocycles. The third kappa shape index (κ3) is 6.37. The van der Waals surface area contributed by atoms with Crippen molar-refractivity contribution < 1.29 is 9.84 Å². The van der Waals surface area contributed by atoms with Gasteiger partial charge in [0.25, 0.3) is 0 Å². The Morgan fingerprint density at radius 1 is 1.12 bits per heavy atom. The van der Waals surface area contributed by atoms with Crippen LogP contribution < -0.4 is 4.74 Å². The minimum Gasteiger partial charge on any atom is -0.507 e. The first-order valence-corrected chi connectivity index (χ1v) is 10.7. The van der Waals surface area contributed by atoms with Crippen LogP contribution in [0.5, 0.6) is 11.5 Å². The minimum absolute atomic E-state index is 0.117. The summed E-state index contributed by atoms with van der Waals surface area (Å²) >= 11 is 0. The number of rotatable bonds is 10. The maximum absolute atomic E-state index is 10.8. The molecule has 1 atom stereocenters. The summed E-state index contributed by atoms with van der Waals surface area (Å²) in [5.41, 5.74) is 3.62. The van der Waals surface area contributed by atoms with Gasteiger partial charge in [-0.2, -0.15) is 0 Å². The standard InChI is InChI=1S/C24H38O2/c1-5-6-7-8-9-10-13-20-16-22(25)24(23(17-20)26-18(2)3)21-14-11-12-19(4)15-21/h15-18,21,25H,5-14H2,1-4H3. The number of phenols is 1. The number of phenolic OH excluding ortho intramolecular Hbond substituents is 1. The lowest BCUT2D eigenvalue weighted by Crippen LogP contribution is -2.11. The van der Waals surface area contributed by atoms with Crippen LogP contribution in [-0.2, 0) is 6.42 Å². The molecule has 1 aliphatic carbocycles. The molecule has 0 radical (unpaired) electrons. The molecule has 2 nitrogen and oxygen atoms in total. The zero-order chi connectivity index (χ0) is 18.9. The van der Waals surface area contributed by atoms with Crippen molar-refractivity contribution >= 4 is 0 Å². The summed E-state index contributed by atoms with van der Waals surface area (Å²) < 4.78 is 6.13. The highest BCUT2D eigenvalue weighted by Crippen LogP contribution is 2.42. The number of benzene rings is 1. The molecule has 2 rings (SSSR count). The fraction of sp³-hybridized carbons (Fsp3) is 0.667. The first-order valence-electron chi connectivity index (χ1n) is 10.7. The third-order valence-corrected chi connectivity index (χ3v) is 5.30. The molecule has 0 bridgehead atoms. The lowest BCUT2D eigenvalue weighted by atomic mass is 9.84. The predicted octanol–water partition coefficient (Wildman–Crippen LogP) is 7.30. The van der Waals surface area contributed by atoms with Crippen LogP contribution in [-0.4, -0.2) is 11.2 Å². The molecule has 0 aliphatic heterocycles. The highest BCUT2D eigenvalue weighted by molar-refractivity contribution is 5.51. The maximum Gasteiger partial charge on any atom is 0.127 e. The van der Waals surface area contributed by atoms with E-state index in [1.165, 1.54) is 62.5 Å². The Balaban J connectivity index is 2.12. The van der Waals surface area contributed by atoms with Gasteiger partial charge in [-0.3, -0.25) is 0 Å². The van der Waals surface area contributed by atoms with Crippen molar-refractivity contribution in [1.29, 1.82) is 0 Å². The summed E-state index contributed by atoms with van der Waals surface area (Å²) in [6.45, 7) is 8.56. The number of unbranched alkanes of at least 4 members (excludes halogenated alkanes) is 5. The molecule has 146 valence electrons. The molecule has 0 saturated carbocycles. The average molecular weight is 359 g/mol. The van der Waals surface area contributed by atoms with Gasteiger partial charge in [-0.25, -0.2) is 0 Å². The van der Waals surface area contributed by atoms with Crippen molar-refractivity contribution in [2.75, 3.05) is 0 Å². The van der Waals surface area contributed by atoms with Crippen LogP contribution in [0.15, 0.2) is 23.8 Å². The van der Waals surface area contributed by atoms with Crippen molar-refractivity contribution in [2.24, 2.45) is 0 Å². The fourth-order valence-corrected chi connectivity index (χ4v) is 3.98. The summed E-state index contributed by atoms with van der Waals surface area (Å²) in [5, 5.41) is 10.8. The summed E-state index contributed by atoms with van der Waals surface area (Å²) in [7, 11) is 0. The van der Waals surface area contributed by atoms with Crippen molar-refractivity contribution in [1.82, 2.24) is 0 Å². The summed E-state index contributed by atoms with van der Waals surface area (Å²) in [6, 6.07) is 4.16. The van der Waals surface area contributed by atoms with Crippen LogP contribution >= 0.6 is 0 Å². The van der Waals surface area contributed by atoms with E-state index in [4.69, 9.17) is 4.74 Å². The number of aryl methyl sites for hydroxylation is 1. The Hall–Kier alpha value is -1.44. The van der Waals surface area contributed by atoms with Crippen molar-refractivity contribution in [3.05, 3.63) is 34.9 Å². The molecule has 0 fully saturated rings.